The van der Waals surface area contributed by atoms with E-state index in [0.29, 0.717) is 45.1 Å². The van der Waals surface area contributed by atoms with E-state index in [2.05, 4.69) is 18.5 Å². The molecule has 0 aliphatic carbocycles. The van der Waals surface area contributed by atoms with E-state index in [0.717, 1.165) is 16.3 Å². The Bertz CT molecular complexity index is 3660. The van der Waals surface area contributed by atoms with Gasteiger partial charge in [0.05, 0.1) is 30.4 Å². The molecular formula is C53H40N4OPt-2. The number of ether oxygens (including phenoxy) is 1. The Hall–Kier alpha value is -6.55. The number of nitrogens with zero attached hydrogens (tertiary/aromatic N) is 4. The first-order chi connectivity index (χ1) is 33.3. The van der Waals surface area contributed by atoms with Crippen LogP contribution in [0.2, 0.25) is 0 Å². The van der Waals surface area contributed by atoms with Crippen molar-refractivity contribution in [3.63, 3.8) is 0 Å². The summed E-state index contributed by atoms with van der Waals surface area (Å²) in [6.45, 7) is 5.59. The molecule has 0 unspecified atom stereocenters. The van der Waals surface area contributed by atoms with Crippen LogP contribution in [0, 0.1) is 23.9 Å². The fraction of sp³-hybridized carbons (Fsp3) is 0.0943. The van der Waals surface area contributed by atoms with Gasteiger partial charge in [0.25, 0.3) is 6.33 Å². The van der Waals surface area contributed by atoms with Gasteiger partial charge >= 0.3 is 0 Å². The molecule has 0 radical (unpaired) electrons. The van der Waals surface area contributed by atoms with E-state index in [1.165, 1.54) is 0 Å². The molecule has 3 aromatic heterocycles. The largest absolute Gasteiger partial charge is 0.510 e. The van der Waals surface area contributed by atoms with E-state index in [-0.39, 0.29) is 49.0 Å². The maximum absolute atomic E-state index is 8.99. The van der Waals surface area contributed by atoms with Crippen LogP contribution in [-0.2, 0) is 27.4 Å². The summed E-state index contributed by atoms with van der Waals surface area (Å²) >= 11 is 0. The SMILES string of the molecule is [2H]c1c([2H])c([2H])c(-c2cccc(-c3c([2H])c([2H])c([2H])c([2H])c3[2H])c2-[n+]2[c-]n(-c3[c-]c(Oc4[c-]c5c(cc4)c4ccccc4n5-c4cc(C([2H])([2H])C(C)(C)C)ccn4)ccc3)c3ccccc32)c([2H])c1[2H].[Pt]. The Kier molecular flexibility index (Phi) is 7.02. The summed E-state index contributed by atoms with van der Waals surface area (Å²) in [5, 5.41) is 1.84. The molecule has 10 aromatic rings. The molecule has 3 heterocycles. The number of hydrogen-bond donors (Lipinski definition) is 0. The predicted octanol–water partition coefficient (Wildman–Crippen LogP) is 12.5. The molecule has 0 atom stereocenters. The second-order valence-electron chi connectivity index (χ2n) is 14.7. The van der Waals surface area contributed by atoms with Gasteiger partial charge in [0.15, 0.2) is 0 Å². The molecular weight excluding hydrogens is 904 g/mol. The van der Waals surface area contributed by atoms with Gasteiger partial charge in [0.2, 0.25) is 0 Å². The number of fused-ring (bicyclic) bond motifs is 4. The molecule has 0 fully saturated rings. The smallest absolute Gasteiger partial charge is 0.268 e. The minimum Gasteiger partial charge on any atom is -0.510 e. The average molecular weight is 956 g/mol. The summed E-state index contributed by atoms with van der Waals surface area (Å²) in [6.07, 6.45) is 3.33. The van der Waals surface area contributed by atoms with E-state index in [1.807, 2.05) is 73.9 Å². The molecule has 0 bridgehead atoms. The zero-order valence-corrected chi connectivity index (χ0v) is 34.3. The first-order valence-electron chi connectivity index (χ1n) is 24.7. The van der Waals surface area contributed by atoms with Crippen molar-refractivity contribution in [2.24, 2.45) is 5.41 Å². The summed E-state index contributed by atoms with van der Waals surface area (Å²) < 4.78 is 116. The van der Waals surface area contributed by atoms with Gasteiger partial charge in [0, 0.05) is 47.0 Å². The first-order valence-corrected chi connectivity index (χ1v) is 18.7. The average Bonchev–Trinajstić information content (AvgIpc) is 3.90. The quantitative estimate of drug-likeness (QED) is 0.112. The van der Waals surface area contributed by atoms with Gasteiger partial charge in [-0.3, -0.25) is 4.57 Å². The third-order valence-corrected chi connectivity index (χ3v) is 9.63. The van der Waals surface area contributed by atoms with Crippen molar-refractivity contribution in [2.45, 2.75) is 27.1 Å². The molecule has 6 heteroatoms. The predicted molar refractivity (Wildman–Crippen MR) is 234 cm³/mol. The molecule has 0 saturated carbocycles. The third-order valence-electron chi connectivity index (χ3n) is 9.63. The fourth-order valence-electron chi connectivity index (χ4n) is 7.33. The summed E-state index contributed by atoms with van der Waals surface area (Å²) in [6, 6.07) is 33.7. The molecule has 0 aliphatic rings. The summed E-state index contributed by atoms with van der Waals surface area (Å²) in [5.74, 6) is 1.19. The Morgan fingerprint density at radius 3 is 2.08 bits per heavy atom. The molecule has 0 N–H and O–H groups in total. The normalized spacial score (nSPS) is 14.7. The van der Waals surface area contributed by atoms with Crippen LogP contribution in [0.15, 0.2) is 176 Å². The number of rotatable bonds is 8. The van der Waals surface area contributed by atoms with Gasteiger partial charge in [-0.15, -0.1) is 29.7 Å². The first kappa shape index (κ1) is 26.4. The van der Waals surface area contributed by atoms with Crippen molar-refractivity contribution in [3.8, 4) is 50.9 Å². The van der Waals surface area contributed by atoms with E-state index in [1.54, 1.807) is 76.0 Å². The van der Waals surface area contributed by atoms with E-state index in [9.17, 15) is 0 Å². The second kappa shape index (κ2) is 15.7. The second-order valence-corrected chi connectivity index (χ2v) is 14.7. The molecule has 7 aromatic carbocycles. The van der Waals surface area contributed by atoms with Gasteiger partial charge in [0.1, 0.15) is 5.82 Å². The van der Waals surface area contributed by atoms with Gasteiger partial charge in [-0.1, -0.05) is 147 Å². The zero-order valence-electron chi connectivity index (χ0n) is 44.0. The van der Waals surface area contributed by atoms with Crippen LogP contribution in [0.3, 0.4) is 0 Å². The number of hydrogen-bond acceptors (Lipinski definition) is 2. The van der Waals surface area contributed by atoms with Gasteiger partial charge in [-0.25, -0.2) is 4.98 Å². The maximum atomic E-state index is 8.99. The third kappa shape index (κ3) is 7.28. The van der Waals surface area contributed by atoms with E-state index < -0.39 is 72.2 Å². The Morgan fingerprint density at radius 1 is 0.695 bits per heavy atom. The zero-order chi connectivity index (χ0) is 49.7. The molecule has 290 valence electrons. The molecule has 59 heavy (non-hydrogen) atoms. The summed E-state index contributed by atoms with van der Waals surface area (Å²) in [7, 11) is 0. The van der Waals surface area contributed by atoms with E-state index >= 15 is 0 Å². The number of benzene rings is 7. The van der Waals surface area contributed by atoms with Crippen LogP contribution < -0.4 is 9.30 Å². The van der Waals surface area contributed by atoms with E-state index in [4.69, 9.17) is 26.2 Å². The number of pyridine rings is 1. The summed E-state index contributed by atoms with van der Waals surface area (Å²) in [4.78, 5) is 4.71. The van der Waals surface area contributed by atoms with Gasteiger partial charge in [-0.2, -0.15) is 18.2 Å². The van der Waals surface area contributed by atoms with Gasteiger partial charge < -0.3 is 13.9 Å². The van der Waals surface area contributed by atoms with Crippen molar-refractivity contribution in [2.75, 3.05) is 0 Å². The van der Waals surface area contributed by atoms with Crippen LogP contribution in [0.5, 0.6) is 11.5 Å². The molecule has 0 spiro atoms. The monoisotopic (exact) mass is 955 g/mol. The van der Waals surface area contributed by atoms with Crippen molar-refractivity contribution in [1.29, 1.82) is 0 Å². The van der Waals surface area contributed by atoms with Crippen LogP contribution >= 0.6 is 0 Å². The van der Waals surface area contributed by atoms with Crippen molar-refractivity contribution < 1.29 is 46.8 Å². The Labute approximate surface area is 375 Å². The van der Waals surface area contributed by atoms with Crippen LogP contribution in [0.1, 0.15) is 42.8 Å². The number of imidazole rings is 1. The molecule has 0 saturated heterocycles. The van der Waals surface area contributed by atoms with Crippen LogP contribution in [0.25, 0.3) is 72.3 Å². The molecule has 5 nitrogen and oxygen atoms in total. The molecule has 0 aliphatic heterocycles. The van der Waals surface area contributed by atoms with Crippen molar-refractivity contribution in [1.82, 2.24) is 14.1 Å². The fourth-order valence-corrected chi connectivity index (χ4v) is 7.33. The minimum absolute atomic E-state index is 0. The van der Waals surface area contributed by atoms with Crippen molar-refractivity contribution in [3.05, 3.63) is 200 Å². The Morgan fingerprint density at radius 2 is 1.36 bits per heavy atom. The summed E-state index contributed by atoms with van der Waals surface area (Å²) in [5.41, 5.74) is 2.97. The number of aromatic nitrogens is 4. The maximum Gasteiger partial charge on any atom is 0.268 e. The molecule has 0 amide bonds. The topological polar surface area (TPSA) is 35.9 Å². The minimum atomic E-state index is -1.66. The van der Waals surface area contributed by atoms with Crippen molar-refractivity contribution >= 4 is 32.8 Å². The van der Waals surface area contributed by atoms with Gasteiger partial charge in [-0.05, 0) is 68.9 Å². The van der Waals surface area contributed by atoms with Crippen LogP contribution in [0.4, 0.5) is 0 Å². The molecule has 10 rings (SSSR count). The standard InChI is InChI=1S/C53H40N4O.Pt/c1-53(2,3)35-37-30-31-54-51(32-37)57-47-25-11-10-22-45(47)46-29-28-42(34-50(46)57)58-41-21-14-20-40(33-41)55-36-56(49-27-13-12-26-48(49)55)52-43(38-16-6-4-7-17-38)23-15-24-44(52)39-18-8-5-9-19-39;/h4-32H,35H2,1-3H3;/q-2;/i4D,5D,6D,7D,8D,9D,16D,17D,18D,19D,35D2;. The number of para-hydroxylation sites is 4. The van der Waals surface area contributed by atoms with Crippen LogP contribution in [-0.4, -0.2) is 14.1 Å². The Balaban J connectivity index is 0.00000624.